The molecule has 1 radical (unpaired) electrons. The van der Waals surface area contributed by atoms with Crippen LogP contribution in [0.4, 0.5) is 0 Å². The van der Waals surface area contributed by atoms with Crippen LogP contribution >= 0.6 is 0 Å². The largest absolute Gasteiger partial charge is 0.645 e. The standard InChI is InChI=1S/H2N2O2/c1-4-2-3/h1H2/q+1. The third-order valence-corrected chi connectivity index (χ3v) is 0.0430. The van der Waals surface area contributed by atoms with E-state index in [4.69, 9.17) is 4.91 Å². The summed E-state index contributed by atoms with van der Waals surface area (Å²) in [6, 6.07) is 0. The molecule has 4 nitrogen and oxygen atoms in total. The van der Waals surface area contributed by atoms with Crippen LogP contribution in [0.3, 0.4) is 0 Å². The van der Waals surface area contributed by atoms with Crippen molar-refractivity contribution in [3.63, 3.8) is 0 Å². The maximum absolute atomic E-state index is 8.58. The minimum absolute atomic E-state index is 1.76. The average Bonchev–Trinajstić information content (AvgIpc) is 1.37. The van der Waals surface area contributed by atoms with Gasteiger partial charge in [0, 0.05) is 0 Å². The topological polar surface area (TPSA) is 66.4 Å². The van der Waals surface area contributed by atoms with E-state index < -0.39 is 0 Å². The number of nitrogens with two attached hydrogens (primary N) is 1. The number of rotatable bonds is 1. The van der Waals surface area contributed by atoms with Gasteiger partial charge in [0.2, 0.25) is 0 Å². The summed E-state index contributed by atoms with van der Waals surface area (Å²) in [6.45, 7) is 0. The number of hydrogen-bond acceptors (Lipinski definition) is 4. The fourth-order valence-electron chi connectivity index (χ4n) is 0. The normalized spacial score (nSPS) is 5.25. The molecular weight excluding hydrogens is 60.0 g/mol. The molecule has 0 aromatic rings. The predicted molar refractivity (Wildman–Crippen MR) is 10.8 cm³/mol. The minimum atomic E-state index is 1.76. The molecular formula is H2N2O2+. The van der Waals surface area contributed by atoms with Gasteiger partial charge in [0.25, 0.3) is 0 Å². The zero-order valence-electron chi connectivity index (χ0n) is 1.84. The molecule has 23 valence electrons. The summed E-state index contributed by atoms with van der Waals surface area (Å²) >= 11 is 0. The van der Waals surface area contributed by atoms with Gasteiger partial charge in [0.05, 0.1) is 0 Å². The van der Waals surface area contributed by atoms with Crippen molar-refractivity contribution in [2.75, 3.05) is 0 Å². The van der Waals surface area contributed by atoms with Crippen LogP contribution < -0.4 is 11.2 Å². The van der Waals surface area contributed by atoms with Crippen LogP contribution in [-0.4, -0.2) is 0 Å². The Morgan fingerprint density at radius 1 is 2.00 bits per heavy atom. The van der Waals surface area contributed by atoms with Crippen molar-refractivity contribution >= 4 is 0 Å². The fourth-order valence-corrected chi connectivity index (χ4v) is 0. The maximum Gasteiger partial charge on any atom is 0.645 e. The summed E-state index contributed by atoms with van der Waals surface area (Å²) in [7, 11) is 0. The monoisotopic (exact) mass is 62.0 g/mol. The third-order valence-electron chi connectivity index (χ3n) is 0.0430. The number of hydrogen-bond donors (Lipinski definition) is 1. The van der Waals surface area contributed by atoms with Gasteiger partial charge in [0.1, 0.15) is 0 Å². The molecule has 0 aliphatic heterocycles. The molecule has 0 rings (SSSR count). The van der Waals surface area contributed by atoms with Crippen LogP contribution in [0.2, 0.25) is 0 Å². The van der Waals surface area contributed by atoms with Gasteiger partial charge in [-0.15, -0.1) is 0 Å². The molecule has 0 aromatic carbocycles. The molecule has 0 bridgehead atoms. The quantitative estimate of drug-likeness (QED) is 0.392. The molecule has 0 atom stereocenters. The van der Waals surface area contributed by atoms with Crippen LogP contribution in [0.1, 0.15) is 0 Å². The Hall–Kier alpha value is -0.640. The Kier molecular flexibility index (Phi) is 1.98. The summed E-state index contributed by atoms with van der Waals surface area (Å²) in [6.07, 6.45) is 0. The molecule has 0 heterocycles. The zero-order chi connectivity index (χ0) is 3.41. The molecule has 4 heteroatoms. The first-order valence-corrected chi connectivity index (χ1v) is 0.601. The van der Waals surface area contributed by atoms with Crippen molar-refractivity contribution in [3.05, 3.63) is 4.91 Å². The summed E-state index contributed by atoms with van der Waals surface area (Å²) in [5.74, 6) is 4.05. The summed E-state index contributed by atoms with van der Waals surface area (Å²) in [4.78, 5) is 11.7. The Labute approximate surface area is 22.4 Å². The lowest BCUT2D eigenvalue weighted by atomic mass is 13.2. The minimum Gasteiger partial charge on any atom is -0.0928 e. The van der Waals surface area contributed by atoms with E-state index in [2.05, 4.69) is 10.8 Å². The van der Waals surface area contributed by atoms with Gasteiger partial charge in [0.15, 0.2) is 4.91 Å². The maximum atomic E-state index is 8.58. The van der Waals surface area contributed by atoms with Gasteiger partial charge in [-0.3, -0.25) is 0 Å². The zero-order valence-corrected chi connectivity index (χ0v) is 1.84. The highest BCUT2D eigenvalue weighted by Crippen LogP contribution is 1.19. The molecule has 0 amide bonds. The molecule has 0 saturated carbocycles. The molecule has 0 unspecified atom stereocenters. The second-order valence-electron chi connectivity index (χ2n) is 0.180. The van der Waals surface area contributed by atoms with Crippen LogP contribution in [0, 0.1) is 4.91 Å². The highest BCUT2D eigenvalue weighted by atomic mass is 16.8. The van der Waals surface area contributed by atoms with Gasteiger partial charge < -0.3 is 0 Å². The molecule has 2 N–H and O–H groups in total. The molecule has 0 aliphatic carbocycles. The van der Waals surface area contributed by atoms with Gasteiger partial charge in [-0.2, -0.15) is 0 Å². The van der Waals surface area contributed by atoms with Crippen molar-refractivity contribution in [2.24, 2.45) is 5.90 Å². The van der Waals surface area contributed by atoms with Crippen LogP contribution in [0.25, 0.3) is 0 Å². The summed E-state index contributed by atoms with van der Waals surface area (Å²) in [5, 5.41) is 1.76. The average molecular weight is 62.0 g/mol. The first-order chi connectivity index (χ1) is 1.91. The summed E-state index contributed by atoms with van der Waals surface area (Å²) < 4.78 is 0. The third kappa shape index (κ3) is 1.36. The highest BCUT2D eigenvalue weighted by molar-refractivity contribution is 3.79. The van der Waals surface area contributed by atoms with E-state index in [0.717, 1.165) is 0 Å². The van der Waals surface area contributed by atoms with Crippen LogP contribution in [0.5, 0.6) is 0 Å². The Morgan fingerprint density at radius 2 is 2.25 bits per heavy atom. The molecule has 0 spiro atoms. The van der Waals surface area contributed by atoms with E-state index in [1.54, 1.807) is 5.34 Å². The van der Waals surface area contributed by atoms with E-state index in [-0.39, 0.29) is 0 Å². The SMILES string of the molecule is NO[N+]=O. The lowest BCUT2D eigenvalue weighted by molar-refractivity contribution is 0.0943. The second kappa shape index (κ2) is 2.36. The summed E-state index contributed by atoms with van der Waals surface area (Å²) in [5.41, 5.74) is 0. The van der Waals surface area contributed by atoms with Crippen molar-refractivity contribution in [1.29, 1.82) is 0 Å². The molecule has 0 saturated heterocycles. The van der Waals surface area contributed by atoms with Crippen LogP contribution in [0.15, 0.2) is 0 Å². The smallest absolute Gasteiger partial charge is 0.0928 e. The van der Waals surface area contributed by atoms with Crippen molar-refractivity contribution in [1.82, 2.24) is 5.34 Å². The van der Waals surface area contributed by atoms with Crippen molar-refractivity contribution in [2.45, 2.75) is 0 Å². The van der Waals surface area contributed by atoms with E-state index >= 15 is 0 Å². The van der Waals surface area contributed by atoms with Gasteiger partial charge in [-0.1, -0.05) is 10.8 Å². The molecule has 4 heavy (non-hydrogen) atoms. The van der Waals surface area contributed by atoms with Crippen LogP contribution in [-0.2, 0) is 4.94 Å². The lowest BCUT2D eigenvalue weighted by Crippen LogP contribution is -1.95. The molecule has 0 fully saturated rings. The number of nitrogens with zero attached hydrogens (tertiary/aromatic N) is 1. The predicted octanol–water partition coefficient (Wildman–Crippen LogP) is -1.11. The van der Waals surface area contributed by atoms with Gasteiger partial charge in [-0.25, -0.2) is 0 Å². The second-order valence-corrected chi connectivity index (χ2v) is 0.180. The molecule has 0 aromatic heterocycles. The van der Waals surface area contributed by atoms with Crippen molar-refractivity contribution < 1.29 is 4.94 Å². The highest BCUT2D eigenvalue weighted by Gasteiger charge is 1.75. The Morgan fingerprint density at radius 3 is 2.25 bits per heavy atom. The Balaban J connectivity index is 2.30. The van der Waals surface area contributed by atoms with E-state index in [1.165, 1.54) is 0 Å². The first-order valence-electron chi connectivity index (χ1n) is 0.601. The van der Waals surface area contributed by atoms with Crippen molar-refractivity contribution in [3.8, 4) is 0 Å². The fraction of sp³-hybridized carbons (Fsp3) is 0. The van der Waals surface area contributed by atoms with Gasteiger partial charge in [-0.05, 0) is 0 Å². The van der Waals surface area contributed by atoms with E-state index in [1.807, 2.05) is 0 Å². The van der Waals surface area contributed by atoms with E-state index in [0.29, 0.717) is 0 Å². The lowest BCUT2D eigenvalue weighted by Gasteiger charge is -1.40. The van der Waals surface area contributed by atoms with Gasteiger partial charge >= 0.3 is 5.34 Å². The van der Waals surface area contributed by atoms with E-state index in [9.17, 15) is 0 Å². The first kappa shape index (κ1) is 3.36. The molecule has 0 aliphatic rings. The Bertz CT molecular complexity index is 18.0.